The van der Waals surface area contributed by atoms with Gasteiger partial charge in [0.2, 0.25) is 0 Å². The molecular formula is C14H26N2. The van der Waals surface area contributed by atoms with E-state index in [-0.39, 0.29) is 0 Å². The zero-order chi connectivity index (χ0) is 11.2. The molecule has 1 aliphatic heterocycles. The van der Waals surface area contributed by atoms with Crippen molar-refractivity contribution < 1.29 is 0 Å². The van der Waals surface area contributed by atoms with Crippen LogP contribution in [0, 0.1) is 11.8 Å². The summed E-state index contributed by atoms with van der Waals surface area (Å²) in [7, 11) is 0. The summed E-state index contributed by atoms with van der Waals surface area (Å²) in [6.07, 6.45) is 11.0. The van der Waals surface area contributed by atoms with Crippen LogP contribution in [-0.4, -0.2) is 18.9 Å². The summed E-state index contributed by atoms with van der Waals surface area (Å²) in [5.41, 5.74) is 0. The first kappa shape index (κ1) is 11.9. The van der Waals surface area contributed by atoms with Crippen LogP contribution in [-0.2, 0) is 0 Å². The highest BCUT2D eigenvalue weighted by Crippen LogP contribution is 2.29. The van der Waals surface area contributed by atoms with E-state index in [9.17, 15) is 0 Å². The summed E-state index contributed by atoms with van der Waals surface area (Å²) >= 11 is 0. The van der Waals surface area contributed by atoms with E-state index in [1.165, 1.54) is 57.2 Å². The predicted octanol–water partition coefficient (Wildman–Crippen LogP) is 3.37. The molecule has 0 unspecified atom stereocenters. The smallest absolute Gasteiger partial charge is 0.0963 e. The Hall–Kier alpha value is -0.530. The van der Waals surface area contributed by atoms with Crippen molar-refractivity contribution in [2.75, 3.05) is 13.1 Å². The minimum absolute atomic E-state index is 0.979. The molecule has 0 aromatic heterocycles. The van der Waals surface area contributed by atoms with Crippen molar-refractivity contribution in [1.29, 1.82) is 0 Å². The van der Waals surface area contributed by atoms with Crippen LogP contribution in [0.15, 0.2) is 4.99 Å². The van der Waals surface area contributed by atoms with Gasteiger partial charge in [0.25, 0.3) is 0 Å². The first-order valence-corrected chi connectivity index (χ1v) is 7.12. The zero-order valence-corrected chi connectivity index (χ0v) is 10.7. The average molecular weight is 222 g/mol. The lowest BCUT2D eigenvalue weighted by molar-refractivity contribution is 0.278. The van der Waals surface area contributed by atoms with Gasteiger partial charge in [0.1, 0.15) is 0 Å². The first-order valence-electron chi connectivity index (χ1n) is 7.12. The van der Waals surface area contributed by atoms with Gasteiger partial charge in [0, 0.05) is 19.5 Å². The fraction of sp³-hybridized carbons (Fsp3) is 0.929. The molecule has 1 aliphatic carbocycles. The van der Waals surface area contributed by atoms with E-state index in [1.54, 1.807) is 0 Å². The average Bonchev–Trinajstić information content (AvgIpc) is 2.33. The summed E-state index contributed by atoms with van der Waals surface area (Å²) in [6.45, 7) is 4.59. The van der Waals surface area contributed by atoms with Gasteiger partial charge in [-0.15, -0.1) is 0 Å². The summed E-state index contributed by atoms with van der Waals surface area (Å²) in [5.74, 6) is 3.23. The molecule has 0 aromatic rings. The molecule has 1 N–H and O–H groups in total. The van der Waals surface area contributed by atoms with Gasteiger partial charge in [0.05, 0.1) is 5.84 Å². The molecule has 0 atom stereocenters. The van der Waals surface area contributed by atoms with E-state index in [0.717, 1.165) is 24.9 Å². The van der Waals surface area contributed by atoms with Gasteiger partial charge in [-0.2, -0.15) is 0 Å². The second-order valence-electron chi connectivity index (χ2n) is 5.63. The summed E-state index contributed by atoms with van der Waals surface area (Å²) in [6, 6.07) is 0. The molecule has 0 aromatic carbocycles. The van der Waals surface area contributed by atoms with Crippen LogP contribution < -0.4 is 5.32 Å². The molecule has 2 heteroatoms. The van der Waals surface area contributed by atoms with Gasteiger partial charge < -0.3 is 5.32 Å². The zero-order valence-electron chi connectivity index (χ0n) is 10.7. The molecule has 0 radical (unpaired) electrons. The van der Waals surface area contributed by atoms with Crippen LogP contribution in [0.2, 0.25) is 0 Å². The molecule has 0 saturated heterocycles. The molecule has 2 aliphatic rings. The van der Waals surface area contributed by atoms with Crippen LogP contribution in [0.1, 0.15) is 58.3 Å². The third-order valence-electron chi connectivity index (χ3n) is 4.14. The molecule has 16 heavy (non-hydrogen) atoms. The molecule has 1 heterocycles. The molecule has 0 bridgehead atoms. The van der Waals surface area contributed by atoms with Crippen molar-refractivity contribution in [2.24, 2.45) is 16.8 Å². The number of rotatable bonds is 3. The molecule has 1 saturated carbocycles. The van der Waals surface area contributed by atoms with Crippen molar-refractivity contribution in [2.45, 2.75) is 58.3 Å². The fourth-order valence-corrected chi connectivity index (χ4v) is 2.88. The van der Waals surface area contributed by atoms with Crippen molar-refractivity contribution in [1.82, 2.24) is 5.32 Å². The number of amidine groups is 1. The fourth-order valence-electron chi connectivity index (χ4n) is 2.88. The van der Waals surface area contributed by atoms with Crippen LogP contribution >= 0.6 is 0 Å². The van der Waals surface area contributed by atoms with E-state index < -0.39 is 0 Å². The maximum atomic E-state index is 4.53. The maximum absolute atomic E-state index is 4.53. The molecule has 1 fully saturated rings. The minimum atomic E-state index is 0.979. The minimum Gasteiger partial charge on any atom is -0.374 e. The van der Waals surface area contributed by atoms with Crippen molar-refractivity contribution in [3.8, 4) is 0 Å². The van der Waals surface area contributed by atoms with Gasteiger partial charge in [-0.05, 0) is 31.1 Å². The van der Waals surface area contributed by atoms with Gasteiger partial charge in [0.15, 0.2) is 0 Å². The lowest BCUT2D eigenvalue weighted by atomic mass is 9.81. The molecule has 0 spiro atoms. The number of nitrogens with zero attached hydrogens (tertiary/aromatic N) is 1. The van der Waals surface area contributed by atoms with Crippen LogP contribution in [0.4, 0.5) is 0 Å². The largest absolute Gasteiger partial charge is 0.374 e. The van der Waals surface area contributed by atoms with E-state index in [2.05, 4.69) is 17.2 Å². The predicted molar refractivity (Wildman–Crippen MR) is 69.9 cm³/mol. The Morgan fingerprint density at radius 1 is 1.19 bits per heavy atom. The molecule has 0 amide bonds. The second kappa shape index (κ2) is 6.27. The Kier molecular flexibility index (Phi) is 4.68. The first-order chi connectivity index (χ1) is 7.84. The summed E-state index contributed by atoms with van der Waals surface area (Å²) in [4.78, 5) is 4.53. The Balaban J connectivity index is 1.59. The SMILES string of the molecule is CC1CCC(CCNC2=NCCCC2)CC1. The summed E-state index contributed by atoms with van der Waals surface area (Å²) < 4.78 is 0. The molecule has 2 nitrogen and oxygen atoms in total. The van der Waals surface area contributed by atoms with E-state index >= 15 is 0 Å². The normalized spacial score (nSPS) is 30.9. The third-order valence-corrected chi connectivity index (χ3v) is 4.14. The van der Waals surface area contributed by atoms with Crippen molar-refractivity contribution in [3.63, 3.8) is 0 Å². The Labute approximate surface area is 99.9 Å². The van der Waals surface area contributed by atoms with Crippen molar-refractivity contribution in [3.05, 3.63) is 0 Å². The summed E-state index contributed by atoms with van der Waals surface area (Å²) in [5, 5.41) is 3.53. The number of hydrogen-bond donors (Lipinski definition) is 1. The molecule has 92 valence electrons. The number of hydrogen-bond acceptors (Lipinski definition) is 2. The monoisotopic (exact) mass is 222 g/mol. The van der Waals surface area contributed by atoms with E-state index in [1.807, 2.05) is 0 Å². The van der Waals surface area contributed by atoms with Gasteiger partial charge in [-0.25, -0.2) is 0 Å². The third kappa shape index (κ3) is 3.80. The lowest BCUT2D eigenvalue weighted by Gasteiger charge is -2.26. The van der Waals surface area contributed by atoms with Gasteiger partial charge >= 0.3 is 0 Å². The van der Waals surface area contributed by atoms with E-state index in [4.69, 9.17) is 0 Å². The number of nitrogens with one attached hydrogen (secondary N) is 1. The maximum Gasteiger partial charge on any atom is 0.0963 e. The highest BCUT2D eigenvalue weighted by Gasteiger charge is 2.17. The lowest BCUT2D eigenvalue weighted by Crippen LogP contribution is -2.28. The van der Waals surface area contributed by atoms with Crippen molar-refractivity contribution >= 4 is 5.84 Å². The Morgan fingerprint density at radius 2 is 2.00 bits per heavy atom. The second-order valence-corrected chi connectivity index (χ2v) is 5.63. The van der Waals surface area contributed by atoms with Crippen LogP contribution in [0.25, 0.3) is 0 Å². The van der Waals surface area contributed by atoms with Gasteiger partial charge in [-0.1, -0.05) is 32.6 Å². The Bertz CT molecular complexity index is 227. The van der Waals surface area contributed by atoms with E-state index in [0.29, 0.717) is 0 Å². The topological polar surface area (TPSA) is 24.4 Å². The molecule has 2 rings (SSSR count). The highest BCUT2D eigenvalue weighted by molar-refractivity contribution is 5.82. The van der Waals surface area contributed by atoms with Gasteiger partial charge in [-0.3, -0.25) is 4.99 Å². The van der Waals surface area contributed by atoms with Crippen LogP contribution in [0.5, 0.6) is 0 Å². The standard InChI is InChI=1S/C14H26N2/c1-12-5-7-13(8-6-12)9-11-16-14-4-2-3-10-15-14/h12-13H,2-11H2,1H3,(H,15,16). The number of aliphatic imine (C=N–C) groups is 1. The highest BCUT2D eigenvalue weighted by atomic mass is 15.0. The molecular weight excluding hydrogens is 196 g/mol. The Morgan fingerprint density at radius 3 is 2.69 bits per heavy atom. The van der Waals surface area contributed by atoms with Crippen LogP contribution in [0.3, 0.4) is 0 Å². The quantitative estimate of drug-likeness (QED) is 0.778.